The summed E-state index contributed by atoms with van der Waals surface area (Å²) in [6, 6.07) is 8.27. The Labute approximate surface area is 123 Å². The van der Waals surface area contributed by atoms with Crippen LogP contribution in [0.15, 0.2) is 24.3 Å². The topological polar surface area (TPSA) is 29.1 Å². The second kappa shape index (κ2) is 5.66. The van der Waals surface area contributed by atoms with Gasteiger partial charge in [-0.1, -0.05) is 53.0 Å². The molecule has 3 atom stereocenters. The highest BCUT2D eigenvalue weighted by molar-refractivity contribution is 9.09. The Bertz CT molecular complexity index is 474. The van der Waals surface area contributed by atoms with Crippen LogP contribution in [0.2, 0.25) is 0 Å². The van der Waals surface area contributed by atoms with Crippen molar-refractivity contribution in [1.29, 1.82) is 0 Å². The number of amides is 1. The highest BCUT2D eigenvalue weighted by atomic mass is 79.9. The molecule has 0 saturated heterocycles. The first kappa shape index (κ1) is 13.2. The standard InChI is InChI=1S/C16H20BrNO/c17-15-8-4-2-6-12(15)10-18-16(19)14-9-11-5-1-3-7-13(11)14/h1,3,5,7,12,14-15H,2,4,6,8-10H2,(H,18,19). The summed E-state index contributed by atoms with van der Waals surface area (Å²) in [5.41, 5.74) is 2.55. The summed E-state index contributed by atoms with van der Waals surface area (Å²) < 4.78 is 0. The van der Waals surface area contributed by atoms with Crippen molar-refractivity contribution in [2.45, 2.75) is 42.8 Å². The number of alkyl halides is 1. The van der Waals surface area contributed by atoms with E-state index in [9.17, 15) is 4.79 Å². The molecule has 0 aromatic heterocycles. The SMILES string of the molecule is O=C(NCC1CCCCC1Br)C1Cc2ccccc21. The number of fused-ring (bicyclic) bond motifs is 1. The van der Waals surface area contributed by atoms with E-state index in [1.165, 1.54) is 36.8 Å². The van der Waals surface area contributed by atoms with Crippen molar-refractivity contribution in [2.24, 2.45) is 5.92 Å². The minimum atomic E-state index is 0.0913. The number of rotatable bonds is 3. The highest BCUT2D eigenvalue weighted by Gasteiger charge is 2.32. The van der Waals surface area contributed by atoms with Crippen LogP contribution in [0.25, 0.3) is 0 Å². The fourth-order valence-corrected chi connectivity index (χ4v) is 4.01. The van der Waals surface area contributed by atoms with E-state index >= 15 is 0 Å². The van der Waals surface area contributed by atoms with Gasteiger partial charge < -0.3 is 5.32 Å². The van der Waals surface area contributed by atoms with Crippen LogP contribution >= 0.6 is 15.9 Å². The van der Waals surface area contributed by atoms with Crippen LogP contribution in [0.1, 0.15) is 42.7 Å². The molecule has 0 heterocycles. The Kier molecular flexibility index (Phi) is 3.92. The quantitative estimate of drug-likeness (QED) is 0.849. The lowest BCUT2D eigenvalue weighted by molar-refractivity contribution is -0.123. The summed E-state index contributed by atoms with van der Waals surface area (Å²) in [4.78, 5) is 12.8. The van der Waals surface area contributed by atoms with Crippen LogP contribution in [-0.2, 0) is 11.2 Å². The summed E-state index contributed by atoms with van der Waals surface area (Å²) in [7, 11) is 0. The third kappa shape index (κ3) is 2.71. The molecule has 1 aromatic carbocycles. The van der Waals surface area contributed by atoms with E-state index < -0.39 is 0 Å². The lowest BCUT2D eigenvalue weighted by Gasteiger charge is -2.31. The Hall–Kier alpha value is -0.830. The van der Waals surface area contributed by atoms with Crippen LogP contribution in [0.5, 0.6) is 0 Å². The van der Waals surface area contributed by atoms with Gasteiger partial charge in [0.2, 0.25) is 5.91 Å². The summed E-state index contributed by atoms with van der Waals surface area (Å²) in [6.07, 6.45) is 6.00. The Morgan fingerprint density at radius 2 is 2.05 bits per heavy atom. The molecule has 1 saturated carbocycles. The van der Waals surface area contributed by atoms with Crippen molar-refractivity contribution in [2.75, 3.05) is 6.54 Å². The van der Waals surface area contributed by atoms with E-state index in [2.05, 4.69) is 33.4 Å². The van der Waals surface area contributed by atoms with E-state index in [-0.39, 0.29) is 11.8 Å². The lowest BCUT2D eigenvalue weighted by atomic mass is 9.77. The van der Waals surface area contributed by atoms with Crippen molar-refractivity contribution in [3.63, 3.8) is 0 Å². The zero-order valence-corrected chi connectivity index (χ0v) is 12.7. The number of carbonyl (C=O) groups excluding carboxylic acids is 1. The van der Waals surface area contributed by atoms with Crippen molar-refractivity contribution < 1.29 is 4.79 Å². The molecule has 2 aliphatic carbocycles. The summed E-state index contributed by atoms with van der Waals surface area (Å²) >= 11 is 3.75. The number of nitrogens with one attached hydrogen (secondary N) is 1. The fourth-order valence-electron chi connectivity index (χ4n) is 3.24. The van der Waals surface area contributed by atoms with E-state index in [0.29, 0.717) is 10.7 Å². The van der Waals surface area contributed by atoms with Gasteiger partial charge in [-0.15, -0.1) is 0 Å². The van der Waals surface area contributed by atoms with Gasteiger partial charge in [-0.2, -0.15) is 0 Å². The monoisotopic (exact) mass is 321 g/mol. The predicted octanol–water partition coefficient (Wildman–Crippen LogP) is 3.40. The van der Waals surface area contributed by atoms with Crippen molar-refractivity contribution >= 4 is 21.8 Å². The average molecular weight is 322 g/mol. The first-order valence-corrected chi connectivity index (χ1v) is 8.17. The average Bonchev–Trinajstić information content (AvgIpc) is 2.39. The van der Waals surface area contributed by atoms with Crippen molar-refractivity contribution in [3.05, 3.63) is 35.4 Å². The molecule has 1 aromatic rings. The molecule has 1 N–H and O–H groups in total. The van der Waals surface area contributed by atoms with Crippen molar-refractivity contribution in [1.82, 2.24) is 5.32 Å². The van der Waals surface area contributed by atoms with Crippen LogP contribution in [0.3, 0.4) is 0 Å². The molecule has 2 aliphatic rings. The van der Waals surface area contributed by atoms with Gasteiger partial charge in [0.1, 0.15) is 0 Å². The Morgan fingerprint density at radius 3 is 2.84 bits per heavy atom. The summed E-state index contributed by atoms with van der Waals surface area (Å²) in [5.74, 6) is 0.908. The van der Waals surface area contributed by atoms with Crippen LogP contribution in [0, 0.1) is 5.92 Å². The molecule has 102 valence electrons. The molecular weight excluding hydrogens is 302 g/mol. The molecule has 0 spiro atoms. The molecule has 3 heteroatoms. The van der Waals surface area contributed by atoms with Crippen molar-refractivity contribution in [3.8, 4) is 0 Å². The maximum absolute atomic E-state index is 12.2. The molecule has 3 unspecified atom stereocenters. The molecule has 0 bridgehead atoms. The van der Waals surface area contributed by atoms with Gasteiger partial charge >= 0.3 is 0 Å². The Balaban J connectivity index is 1.53. The number of hydrogen-bond acceptors (Lipinski definition) is 1. The zero-order chi connectivity index (χ0) is 13.2. The lowest BCUT2D eigenvalue weighted by Crippen LogP contribution is -2.40. The summed E-state index contributed by atoms with van der Waals surface area (Å²) in [5, 5.41) is 3.16. The minimum Gasteiger partial charge on any atom is -0.355 e. The molecule has 19 heavy (non-hydrogen) atoms. The van der Waals surface area contributed by atoms with Gasteiger partial charge in [-0.3, -0.25) is 4.79 Å². The second-order valence-corrected chi connectivity index (χ2v) is 6.94. The van der Waals surface area contributed by atoms with Crippen LogP contribution in [-0.4, -0.2) is 17.3 Å². The smallest absolute Gasteiger partial charge is 0.227 e. The van der Waals surface area contributed by atoms with E-state index in [1.807, 2.05) is 12.1 Å². The van der Waals surface area contributed by atoms with Gasteiger partial charge in [0.05, 0.1) is 5.92 Å². The second-order valence-electron chi connectivity index (χ2n) is 5.76. The first-order valence-electron chi connectivity index (χ1n) is 7.25. The van der Waals surface area contributed by atoms with E-state index in [1.54, 1.807) is 0 Å². The van der Waals surface area contributed by atoms with Crippen LogP contribution < -0.4 is 5.32 Å². The van der Waals surface area contributed by atoms with Gasteiger partial charge in [-0.25, -0.2) is 0 Å². The van der Waals surface area contributed by atoms with Gasteiger partial charge in [0, 0.05) is 11.4 Å². The maximum Gasteiger partial charge on any atom is 0.227 e. The number of halogens is 1. The normalized spacial score (nSPS) is 29.2. The largest absolute Gasteiger partial charge is 0.355 e. The van der Waals surface area contributed by atoms with Gasteiger partial charge in [0.15, 0.2) is 0 Å². The van der Waals surface area contributed by atoms with E-state index in [0.717, 1.165) is 13.0 Å². The summed E-state index contributed by atoms with van der Waals surface area (Å²) in [6.45, 7) is 0.827. The molecule has 0 radical (unpaired) electrons. The number of benzene rings is 1. The third-order valence-electron chi connectivity index (χ3n) is 4.53. The molecular formula is C16H20BrNO. The Morgan fingerprint density at radius 1 is 1.26 bits per heavy atom. The molecule has 2 nitrogen and oxygen atoms in total. The number of hydrogen-bond donors (Lipinski definition) is 1. The van der Waals surface area contributed by atoms with Crippen LogP contribution in [0.4, 0.5) is 0 Å². The molecule has 3 rings (SSSR count). The molecule has 1 fully saturated rings. The van der Waals surface area contributed by atoms with Gasteiger partial charge in [0.25, 0.3) is 0 Å². The molecule has 0 aliphatic heterocycles. The first-order chi connectivity index (χ1) is 9.25. The maximum atomic E-state index is 12.2. The zero-order valence-electron chi connectivity index (χ0n) is 11.1. The minimum absolute atomic E-state index is 0.0913. The molecule has 1 amide bonds. The highest BCUT2D eigenvalue weighted by Crippen LogP contribution is 2.35. The fraction of sp³-hybridized carbons (Fsp3) is 0.562. The number of carbonyl (C=O) groups is 1. The third-order valence-corrected chi connectivity index (χ3v) is 5.73. The predicted molar refractivity (Wildman–Crippen MR) is 80.6 cm³/mol. The van der Waals surface area contributed by atoms with Gasteiger partial charge in [-0.05, 0) is 36.3 Å². The van der Waals surface area contributed by atoms with E-state index in [4.69, 9.17) is 0 Å².